The SMILES string of the molecule is O=C(O)CNC(=O)N1CCCC(NC(=O)CNC(=O)c2cc3ccccc3o2)C(=O)C1. The number of rotatable bonds is 6. The summed E-state index contributed by atoms with van der Waals surface area (Å²) in [5, 5.41) is 16.6. The third-order valence-electron chi connectivity index (χ3n) is 4.73. The number of hydrogen-bond acceptors (Lipinski definition) is 6. The zero-order valence-corrected chi connectivity index (χ0v) is 16.6. The van der Waals surface area contributed by atoms with E-state index in [2.05, 4.69) is 16.0 Å². The molecule has 4 N–H and O–H groups in total. The van der Waals surface area contributed by atoms with Crippen molar-refractivity contribution in [2.24, 2.45) is 0 Å². The van der Waals surface area contributed by atoms with Gasteiger partial charge in [0.05, 0.1) is 19.1 Å². The van der Waals surface area contributed by atoms with Crippen molar-refractivity contribution in [2.45, 2.75) is 18.9 Å². The van der Waals surface area contributed by atoms with E-state index in [1.54, 1.807) is 24.3 Å². The molecular formula is C20H22N4O7. The van der Waals surface area contributed by atoms with E-state index in [4.69, 9.17) is 9.52 Å². The highest BCUT2D eigenvalue weighted by atomic mass is 16.4. The number of para-hydroxylation sites is 1. The largest absolute Gasteiger partial charge is 0.480 e. The molecule has 0 aliphatic carbocycles. The molecule has 3 rings (SSSR count). The molecule has 1 aliphatic heterocycles. The summed E-state index contributed by atoms with van der Waals surface area (Å²) < 4.78 is 5.44. The predicted molar refractivity (Wildman–Crippen MR) is 107 cm³/mol. The van der Waals surface area contributed by atoms with Gasteiger partial charge in [0.15, 0.2) is 11.5 Å². The van der Waals surface area contributed by atoms with Crippen LogP contribution < -0.4 is 16.0 Å². The number of fused-ring (bicyclic) bond motifs is 1. The molecule has 1 aromatic heterocycles. The highest BCUT2D eigenvalue weighted by Gasteiger charge is 2.28. The Labute approximate surface area is 176 Å². The number of aliphatic carboxylic acids is 1. The monoisotopic (exact) mass is 430 g/mol. The van der Waals surface area contributed by atoms with Crippen LogP contribution in [0.15, 0.2) is 34.7 Å². The summed E-state index contributed by atoms with van der Waals surface area (Å²) in [6.07, 6.45) is 0.771. The van der Waals surface area contributed by atoms with Gasteiger partial charge in [0.2, 0.25) is 5.91 Å². The number of furan rings is 1. The topological polar surface area (TPSA) is 158 Å². The van der Waals surface area contributed by atoms with Crippen LogP contribution in [0.5, 0.6) is 0 Å². The second-order valence-electron chi connectivity index (χ2n) is 7.03. The Morgan fingerprint density at radius 1 is 1.13 bits per heavy atom. The van der Waals surface area contributed by atoms with Crippen molar-refractivity contribution in [2.75, 3.05) is 26.2 Å². The first kappa shape index (κ1) is 21.8. The Morgan fingerprint density at radius 2 is 1.90 bits per heavy atom. The Morgan fingerprint density at radius 3 is 2.65 bits per heavy atom. The van der Waals surface area contributed by atoms with Crippen molar-refractivity contribution < 1.29 is 33.5 Å². The molecule has 0 saturated carbocycles. The van der Waals surface area contributed by atoms with E-state index in [0.717, 1.165) is 5.39 Å². The van der Waals surface area contributed by atoms with Gasteiger partial charge in [0.1, 0.15) is 12.1 Å². The Kier molecular flexibility index (Phi) is 6.85. The number of ketones is 1. The van der Waals surface area contributed by atoms with Gasteiger partial charge in [-0.15, -0.1) is 0 Å². The third kappa shape index (κ3) is 5.81. The van der Waals surface area contributed by atoms with E-state index in [-0.39, 0.29) is 31.2 Å². The molecule has 1 unspecified atom stereocenters. The summed E-state index contributed by atoms with van der Waals surface area (Å²) in [5.74, 6) is -2.60. The standard InChI is InChI=1S/C20H22N4O7/c25-14-11-24(20(30)22-10-18(27)28)7-3-5-13(14)23-17(26)9-21-19(29)16-8-12-4-1-2-6-15(12)31-16/h1-2,4,6,8,13H,3,5,7,9-11H2,(H,21,29)(H,22,30)(H,23,26)(H,27,28). The van der Waals surface area contributed by atoms with Gasteiger partial charge in [0, 0.05) is 11.9 Å². The zero-order chi connectivity index (χ0) is 22.4. The molecule has 2 heterocycles. The first-order valence-electron chi connectivity index (χ1n) is 9.67. The summed E-state index contributed by atoms with van der Waals surface area (Å²) >= 11 is 0. The number of amides is 4. The fourth-order valence-electron chi connectivity index (χ4n) is 3.20. The smallest absolute Gasteiger partial charge is 0.323 e. The molecule has 11 heteroatoms. The quantitative estimate of drug-likeness (QED) is 0.506. The van der Waals surface area contributed by atoms with Crippen LogP contribution in [0.3, 0.4) is 0 Å². The zero-order valence-electron chi connectivity index (χ0n) is 16.6. The lowest BCUT2D eigenvalue weighted by atomic mass is 10.1. The van der Waals surface area contributed by atoms with Crippen LogP contribution in [0.2, 0.25) is 0 Å². The minimum absolute atomic E-state index is 0.0718. The van der Waals surface area contributed by atoms with Crippen LogP contribution in [-0.4, -0.2) is 71.8 Å². The van der Waals surface area contributed by atoms with Crippen LogP contribution in [0, 0.1) is 0 Å². The van der Waals surface area contributed by atoms with Crippen molar-refractivity contribution >= 4 is 40.6 Å². The molecule has 1 aliphatic rings. The number of nitrogens with zero attached hydrogens (tertiary/aromatic N) is 1. The van der Waals surface area contributed by atoms with Crippen LogP contribution in [0.4, 0.5) is 4.79 Å². The number of benzene rings is 1. The number of nitrogens with one attached hydrogen (secondary N) is 3. The van der Waals surface area contributed by atoms with Gasteiger partial charge in [-0.25, -0.2) is 4.79 Å². The minimum atomic E-state index is -1.19. The molecule has 1 fully saturated rings. The molecule has 2 aromatic rings. The second-order valence-corrected chi connectivity index (χ2v) is 7.03. The van der Waals surface area contributed by atoms with E-state index in [1.165, 1.54) is 4.90 Å². The molecule has 0 bridgehead atoms. The van der Waals surface area contributed by atoms with Crippen LogP contribution in [-0.2, 0) is 14.4 Å². The van der Waals surface area contributed by atoms with Crippen molar-refractivity contribution in [3.05, 3.63) is 36.1 Å². The normalized spacial score (nSPS) is 16.5. The van der Waals surface area contributed by atoms with Crippen LogP contribution in [0.25, 0.3) is 11.0 Å². The van der Waals surface area contributed by atoms with Gasteiger partial charge < -0.3 is 30.4 Å². The highest BCUT2D eigenvalue weighted by Crippen LogP contribution is 2.18. The fourth-order valence-corrected chi connectivity index (χ4v) is 3.20. The van der Waals surface area contributed by atoms with Gasteiger partial charge in [0.25, 0.3) is 5.91 Å². The van der Waals surface area contributed by atoms with Crippen molar-refractivity contribution in [1.82, 2.24) is 20.9 Å². The van der Waals surface area contributed by atoms with Crippen molar-refractivity contribution in [3.63, 3.8) is 0 Å². The number of Topliss-reactive ketones (excluding diaryl/α,β-unsaturated/α-hetero) is 1. The number of carbonyl (C=O) groups is 5. The number of carbonyl (C=O) groups excluding carboxylic acids is 4. The molecule has 1 aromatic carbocycles. The van der Waals surface area contributed by atoms with Crippen LogP contribution >= 0.6 is 0 Å². The van der Waals surface area contributed by atoms with E-state index < -0.39 is 36.4 Å². The van der Waals surface area contributed by atoms with Crippen molar-refractivity contribution in [1.29, 1.82) is 0 Å². The predicted octanol–water partition coefficient (Wildman–Crippen LogP) is 0.107. The molecule has 0 radical (unpaired) electrons. The van der Waals surface area contributed by atoms with Gasteiger partial charge in [-0.05, 0) is 25.0 Å². The molecule has 1 saturated heterocycles. The number of hydrogen-bond donors (Lipinski definition) is 4. The first-order chi connectivity index (χ1) is 14.8. The second kappa shape index (κ2) is 9.74. The lowest BCUT2D eigenvalue weighted by Gasteiger charge is -2.20. The Balaban J connectivity index is 1.48. The molecule has 164 valence electrons. The maximum atomic E-state index is 12.4. The van der Waals surface area contributed by atoms with E-state index in [9.17, 15) is 24.0 Å². The maximum Gasteiger partial charge on any atom is 0.323 e. The van der Waals surface area contributed by atoms with E-state index >= 15 is 0 Å². The summed E-state index contributed by atoms with van der Waals surface area (Å²) in [6, 6.07) is 7.23. The van der Waals surface area contributed by atoms with Crippen LogP contribution in [0.1, 0.15) is 23.4 Å². The lowest BCUT2D eigenvalue weighted by Crippen LogP contribution is -2.48. The molecule has 31 heavy (non-hydrogen) atoms. The number of carboxylic acids is 1. The maximum absolute atomic E-state index is 12.4. The van der Waals surface area contributed by atoms with Gasteiger partial charge in [-0.3, -0.25) is 19.2 Å². The molecule has 1 atom stereocenters. The number of urea groups is 1. The van der Waals surface area contributed by atoms with Gasteiger partial charge >= 0.3 is 12.0 Å². The number of carboxylic acid groups (broad SMARTS) is 1. The van der Waals surface area contributed by atoms with Crippen molar-refractivity contribution in [3.8, 4) is 0 Å². The van der Waals surface area contributed by atoms with E-state index in [0.29, 0.717) is 18.4 Å². The summed E-state index contributed by atoms with van der Waals surface area (Å²) in [4.78, 5) is 60.5. The minimum Gasteiger partial charge on any atom is -0.480 e. The molecule has 4 amide bonds. The molecular weight excluding hydrogens is 408 g/mol. The Bertz CT molecular complexity index is 983. The summed E-state index contributed by atoms with van der Waals surface area (Å²) in [5.41, 5.74) is 0.554. The molecule has 11 nitrogen and oxygen atoms in total. The van der Waals surface area contributed by atoms with Gasteiger partial charge in [-0.2, -0.15) is 0 Å². The molecule has 0 spiro atoms. The highest BCUT2D eigenvalue weighted by molar-refractivity contribution is 5.98. The van der Waals surface area contributed by atoms with Gasteiger partial charge in [-0.1, -0.05) is 18.2 Å². The summed E-state index contributed by atoms with van der Waals surface area (Å²) in [6.45, 7) is -0.884. The third-order valence-corrected chi connectivity index (χ3v) is 4.73. The Hall–Kier alpha value is -3.89. The number of likely N-dealkylation sites (tertiary alicyclic amines) is 1. The lowest BCUT2D eigenvalue weighted by molar-refractivity contribution is -0.135. The summed E-state index contributed by atoms with van der Waals surface area (Å²) in [7, 11) is 0. The van der Waals surface area contributed by atoms with E-state index in [1.807, 2.05) is 6.07 Å². The fraction of sp³-hybridized carbons (Fsp3) is 0.350. The first-order valence-corrected chi connectivity index (χ1v) is 9.67. The average molecular weight is 430 g/mol. The average Bonchev–Trinajstić information content (AvgIpc) is 3.10.